The van der Waals surface area contributed by atoms with Gasteiger partial charge in [0.2, 0.25) is 0 Å². The SMILES string of the molecule is C=C=C=C=CC(CCCCC)CCOC(=O)CCCCCCCC1(CCCCCCCC(=O)OCCC(C)CCCCC)OCC(CCN(CC)CC)O1. The third kappa shape index (κ3) is 26.7. The van der Waals surface area contributed by atoms with Gasteiger partial charge in [-0.1, -0.05) is 130 Å². The highest BCUT2D eigenvalue weighted by atomic mass is 16.7. The van der Waals surface area contributed by atoms with Crippen LogP contribution < -0.4 is 0 Å². The molecule has 0 radical (unpaired) electrons. The van der Waals surface area contributed by atoms with Crippen LogP contribution in [0.25, 0.3) is 0 Å². The van der Waals surface area contributed by atoms with Crippen molar-refractivity contribution in [2.24, 2.45) is 11.8 Å². The fourth-order valence-corrected chi connectivity index (χ4v) is 7.31. The lowest BCUT2D eigenvalue weighted by molar-refractivity contribution is -0.180. The van der Waals surface area contributed by atoms with Crippen molar-refractivity contribution in [3.63, 3.8) is 0 Å². The molecule has 4 unspecified atom stereocenters. The van der Waals surface area contributed by atoms with Crippen molar-refractivity contribution in [3.05, 3.63) is 29.8 Å². The predicted molar refractivity (Wildman–Crippen MR) is 223 cm³/mol. The summed E-state index contributed by atoms with van der Waals surface area (Å²) in [5, 5.41) is 0. The van der Waals surface area contributed by atoms with Gasteiger partial charge in [0.25, 0.3) is 0 Å². The van der Waals surface area contributed by atoms with E-state index in [2.05, 4.69) is 63.3 Å². The molecule has 1 fully saturated rings. The first-order chi connectivity index (χ1) is 26.3. The molecule has 1 rings (SSSR count). The number of hydrogen-bond donors (Lipinski definition) is 0. The number of allylic oxidation sites excluding steroid dienone is 1. The fraction of sp³-hybridized carbons (Fsp3) is 0.851. The van der Waals surface area contributed by atoms with Crippen molar-refractivity contribution in [3.8, 4) is 0 Å². The minimum absolute atomic E-state index is 0.0421. The monoisotopic (exact) mass is 758 g/mol. The third-order valence-electron chi connectivity index (χ3n) is 11.0. The molecular formula is C47H83NO6. The Morgan fingerprint density at radius 1 is 0.759 bits per heavy atom. The van der Waals surface area contributed by atoms with E-state index in [1.54, 1.807) is 0 Å². The summed E-state index contributed by atoms with van der Waals surface area (Å²) in [5.41, 5.74) is 8.40. The summed E-state index contributed by atoms with van der Waals surface area (Å²) in [7, 11) is 0. The van der Waals surface area contributed by atoms with Gasteiger partial charge >= 0.3 is 11.9 Å². The molecule has 0 saturated carbocycles. The molecule has 7 heteroatoms. The number of unbranched alkanes of at least 4 members (excludes halogenated alkanes) is 12. The van der Waals surface area contributed by atoms with E-state index in [4.69, 9.17) is 18.9 Å². The van der Waals surface area contributed by atoms with E-state index in [-0.39, 0.29) is 18.0 Å². The molecule has 0 spiro atoms. The maximum Gasteiger partial charge on any atom is 0.305 e. The van der Waals surface area contributed by atoms with Crippen LogP contribution in [0.1, 0.15) is 195 Å². The molecule has 1 aliphatic heterocycles. The second kappa shape index (κ2) is 34.2. The molecule has 1 heterocycles. The Labute approximate surface area is 332 Å². The zero-order valence-electron chi connectivity index (χ0n) is 35.8. The van der Waals surface area contributed by atoms with Crippen molar-refractivity contribution in [2.75, 3.05) is 39.5 Å². The fourth-order valence-electron chi connectivity index (χ4n) is 7.31. The molecule has 0 aromatic heterocycles. The van der Waals surface area contributed by atoms with E-state index >= 15 is 0 Å². The van der Waals surface area contributed by atoms with Gasteiger partial charge < -0.3 is 23.8 Å². The molecule has 0 aliphatic carbocycles. The number of rotatable bonds is 36. The zero-order chi connectivity index (χ0) is 39.5. The number of nitrogens with zero attached hydrogens (tertiary/aromatic N) is 1. The van der Waals surface area contributed by atoms with Gasteiger partial charge in [-0.2, -0.15) is 0 Å². The molecular weight excluding hydrogens is 675 g/mol. The van der Waals surface area contributed by atoms with E-state index in [1.165, 1.54) is 44.9 Å². The molecule has 7 nitrogen and oxygen atoms in total. The Morgan fingerprint density at radius 2 is 1.31 bits per heavy atom. The van der Waals surface area contributed by atoms with Gasteiger partial charge in [-0.3, -0.25) is 9.59 Å². The Kier molecular flexibility index (Phi) is 31.6. The largest absolute Gasteiger partial charge is 0.466 e. The van der Waals surface area contributed by atoms with E-state index in [9.17, 15) is 9.59 Å². The summed E-state index contributed by atoms with van der Waals surface area (Å²) in [6.45, 7) is 19.5. The zero-order valence-corrected chi connectivity index (χ0v) is 35.8. The Bertz CT molecular complexity index is 1050. The van der Waals surface area contributed by atoms with E-state index < -0.39 is 5.79 Å². The third-order valence-corrected chi connectivity index (χ3v) is 11.0. The number of carbonyl (C=O) groups excluding carboxylic acids is 2. The van der Waals surface area contributed by atoms with Crippen molar-refractivity contribution in [2.45, 2.75) is 207 Å². The first-order valence-electron chi connectivity index (χ1n) is 22.5. The molecule has 4 atom stereocenters. The highest BCUT2D eigenvalue weighted by Crippen LogP contribution is 2.35. The Balaban J connectivity index is 2.36. The van der Waals surface area contributed by atoms with Gasteiger partial charge in [0.05, 0.1) is 25.9 Å². The van der Waals surface area contributed by atoms with Crippen LogP contribution >= 0.6 is 0 Å². The number of esters is 2. The van der Waals surface area contributed by atoms with Crippen molar-refractivity contribution < 1.29 is 28.5 Å². The van der Waals surface area contributed by atoms with Gasteiger partial charge in [-0.25, -0.2) is 0 Å². The number of ether oxygens (including phenoxy) is 4. The highest BCUT2D eigenvalue weighted by molar-refractivity contribution is 5.69. The van der Waals surface area contributed by atoms with E-state index in [0.717, 1.165) is 122 Å². The second-order valence-electron chi connectivity index (χ2n) is 15.8. The standard InChI is InChI=1S/C47H83NO6/c1-7-12-21-28-42(6)34-39-51-45(49)31-24-17-15-19-26-36-47(53-41-44(54-47)33-38-48(10-4)11-5)37-27-20-16-18-25-32-46(50)52-40-35-43(29-22-13-8-2)30-23-14-9-3/h29,42-44H,2,7,9-12,14-21,23-28,30-41H2,1,3-6H3. The summed E-state index contributed by atoms with van der Waals surface area (Å²) in [6.07, 6.45) is 28.0. The summed E-state index contributed by atoms with van der Waals surface area (Å²) < 4.78 is 24.3. The van der Waals surface area contributed by atoms with Gasteiger partial charge in [0.15, 0.2) is 5.79 Å². The summed E-state index contributed by atoms with van der Waals surface area (Å²) >= 11 is 0. The average Bonchev–Trinajstić information content (AvgIpc) is 3.57. The average molecular weight is 758 g/mol. The van der Waals surface area contributed by atoms with Crippen LogP contribution in [0.5, 0.6) is 0 Å². The highest BCUT2D eigenvalue weighted by Gasteiger charge is 2.40. The minimum atomic E-state index is -0.476. The van der Waals surface area contributed by atoms with Crippen LogP contribution in [0.3, 0.4) is 0 Å². The topological polar surface area (TPSA) is 74.3 Å². The molecule has 0 N–H and O–H groups in total. The molecule has 1 saturated heterocycles. The molecule has 0 bridgehead atoms. The molecule has 0 amide bonds. The number of hydrogen-bond acceptors (Lipinski definition) is 7. The minimum Gasteiger partial charge on any atom is -0.466 e. The predicted octanol–water partition coefficient (Wildman–Crippen LogP) is 12.2. The molecule has 1 aliphatic rings. The number of carbonyl (C=O) groups is 2. The first-order valence-corrected chi connectivity index (χ1v) is 22.5. The van der Waals surface area contributed by atoms with Gasteiger partial charge in [0.1, 0.15) is 0 Å². The van der Waals surface area contributed by atoms with Crippen LogP contribution in [0, 0.1) is 11.8 Å². The normalized spacial score (nSPS) is 17.8. The van der Waals surface area contributed by atoms with Crippen molar-refractivity contribution in [1.82, 2.24) is 4.90 Å². The Morgan fingerprint density at radius 3 is 1.89 bits per heavy atom. The maximum atomic E-state index is 12.4. The van der Waals surface area contributed by atoms with Crippen LogP contribution in [0.4, 0.5) is 0 Å². The summed E-state index contributed by atoms with van der Waals surface area (Å²) in [4.78, 5) is 27.0. The van der Waals surface area contributed by atoms with E-state index in [1.807, 2.05) is 6.08 Å². The summed E-state index contributed by atoms with van der Waals surface area (Å²) in [6, 6.07) is 0. The maximum absolute atomic E-state index is 12.4. The van der Waals surface area contributed by atoms with Crippen LogP contribution in [-0.4, -0.2) is 68.2 Å². The van der Waals surface area contributed by atoms with Crippen LogP contribution in [-0.2, 0) is 28.5 Å². The molecule has 0 aromatic rings. The quantitative estimate of drug-likeness (QED) is 0.0358. The molecule has 0 aromatic carbocycles. The summed E-state index contributed by atoms with van der Waals surface area (Å²) in [5.74, 6) is 0.358. The van der Waals surface area contributed by atoms with Crippen LogP contribution in [0.2, 0.25) is 0 Å². The van der Waals surface area contributed by atoms with Gasteiger partial charge in [-0.05, 0) is 94.7 Å². The van der Waals surface area contributed by atoms with Crippen molar-refractivity contribution >= 4 is 11.9 Å². The Hall–Kier alpha value is -2.10. The van der Waals surface area contributed by atoms with Crippen LogP contribution in [0.15, 0.2) is 29.8 Å². The smallest absolute Gasteiger partial charge is 0.305 e. The molecule has 54 heavy (non-hydrogen) atoms. The lowest BCUT2D eigenvalue weighted by Crippen LogP contribution is -2.32. The van der Waals surface area contributed by atoms with Gasteiger partial charge in [0, 0.05) is 32.2 Å². The second-order valence-corrected chi connectivity index (χ2v) is 15.8. The van der Waals surface area contributed by atoms with Gasteiger partial charge in [-0.15, -0.1) is 0 Å². The lowest BCUT2D eigenvalue weighted by atomic mass is 9.98. The molecule has 312 valence electrons. The lowest BCUT2D eigenvalue weighted by Gasteiger charge is -2.29. The first kappa shape index (κ1) is 49.9. The van der Waals surface area contributed by atoms with E-state index in [0.29, 0.717) is 44.5 Å². The van der Waals surface area contributed by atoms with Crippen molar-refractivity contribution in [1.29, 1.82) is 0 Å².